The fourth-order valence-electron chi connectivity index (χ4n) is 3.37. The molecular weight excluding hydrogens is 384 g/mol. The molecule has 1 amide bonds. The molecule has 2 heterocycles. The van der Waals surface area contributed by atoms with Gasteiger partial charge in [-0.1, -0.05) is 48.5 Å². The maximum Gasteiger partial charge on any atom is 0.258 e. The Hall–Kier alpha value is -3.71. The van der Waals surface area contributed by atoms with E-state index in [2.05, 4.69) is 15.4 Å². The van der Waals surface area contributed by atoms with E-state index in [-0.39, 0.29) is 11.9 Å². The molecule has 0 aliphatic carbocycles. The van der Waals surface area contributed by atoms with Crippen molar-refractivity contribution in [3.8, 4) is 17.0 Å². The number of rotatable bonds is 4. The Morgan fingerprint density at radius 3 is 2.72 bits per heavy atom. The molecule has 0 fully saturated rings. The number of hydrogen-bond acceptors (Lipinski definition) is 5. The van der Waals surface area contributed by atoms with E-state index >= 15 is 0 Å². The first-order valence-electron chi connectivity index (χ1n) is 9.01. The standard InChI is InChI=1S/C22H16N4O2S/c1-28-19-12-5-4-10-17(19)18-13-29-22-24-21(25-26(18)22)23-20(27)16-11-6-8-14-7-2-3-9-15(14)16/h2-13H,1H3,(H,23,25,27). The van der Waals surface area contributed by atoms with Gasteiger partial charge in [-0.3, -0.25) is 10.1 Å². The summed E-state index contributed by atoms with van der Waals surface area (Å²) in [5, 5.41) is 11.2. The number of hydrogen-bond donors (Lipinski definition) is 1. The summed E-state index contributed by atoms with van der Waals surface area (Å²) in [6.45, 7) is 0. The van der Waals surface area contributed by atoms with Crippen molar-refractivity contribution in [1.29, 1.82) is 0 Å². The maximum absolute atomic E-state index is 12.9. The fraction of sp³-hybridized carbons (Fsp3) is 0.0455. The molecule has 6 nitrogen and oxygen atoms in total. The van der Waals surface area contributed by atoms with Gasteiger partial charge >= 0.3 is 0 Å². The number of nitrogens with zero attached hydrogens (tertiary/aromatic N) is 3. The number of anilines is 1. The van der Waals surface area contributed by atoms with Crippen molar-refractivity contribution >= 4 is 38.9 Å². The highest BCUT2D eigenvalue weighted by Gasteiger charge is 2.17. The van der Waals surface area contributed by atoms with Gasteiger partial charge in [-0.25, -0.2) is 4.52 Å². The van der Waals surface area contributed by atoms with E-state index in [1.165, 1.54) is 11.3 Å². The molecule has 3 aromatic carbocycles. The molecule has 0 radical (unpaired) electrons. The number of methoxy groups -OCH3 is 1. The fourth-order valence-corrected chi connectivity index (χ4v) is 4.19. The number of carbonyl (C=O) groups is 1. The minimum absolute atomic E-state index is 0.237. The van der Waals surface area contributed by atoms with Crippen LogP contribution in [0.2, 0.25) is 0 Å². The third kappa shape index (κ3) is 3.01. The predicted octanol–water partition coefficient (Wildman–Crippen LogP) is 4.87. The normalized spacial score (nSPS) is 11.1. The second-order valence-electron chi connectivity index (χ2n) is 6.43. The Balaban J connectivity index is 1.50. The molecule has 0 aliphatic heterocycles. The number of para-hydroxylation sites is 1. The van der Waals surface area contributed by atoms with Gasteiger partial charge in [0.05, 0.1) is 12.8 Å². The van der Waals surface area contributed by atoms with Crippen LogP contribution in [0.15, 0.2) is 72.1 Å². The van der Waals surface area contributed by atoms with Crippen LogP contribution in [0.4, 0.5) is 5.95 Å². The number of thiazole rings is 1. The topological polar surface area (TPSA) is 68.5 Å². The zero-order valence-corrected chi connectivity index (χ0v) is 16.3. The molecule has 0 saturated carbocycles. The highest BCUT2D eigenvalue weighted by Crippen LogP contribution is 2.32. The van der Waals surface area contributed by atoms with Crippen molar-refractivity contribution in [1.82, 2.24) is 14.6 Å². The molecule has 1 N–H and O–H groups in total. The summed E-state index contributed by atoms with van der Waals surface area (Å²) in [4.78, 5) is 18.0. The van der Waals surface area contributed by atoms with Crippen LogP contribution >= 0.6 is 11.3 Å². The second kappa shape index (κ2) is 7.03. The highest BCUT2D eigenvalue weighted by atomic mass is 32.1. The van der Waals surface area contributed by atoms with Gasteiger partial charge in [0.2, 0.25) is 4.96 Å². The lowest BCUT2D eigenvalue weighted by molar-refractivity contribution is 0.102. The van der Waals surface area contributed by atoms with Crippen LogP contribution < -0.4 is 10.1 Å². The number of ether oxygens (including phenoxy) is 1. The number of benzene rings is 3. The van der Waals surface area contributed by atoms with Crippen molar-refractivity contribution in [3.63, 3.8) is 0 Å². The molecule has 5 rings (SSSR count). The highest BCUT2D eigenvalue weighted by molar-refractivity contribution is 7.15. The predicted molar refractivity (Wildman–Crippen MR) is 115 cm³/mol. The van der Waals surface area contributed by atoms with Crippen molar-refractivity contribution in [2.45, 2.75) is 0 Å². The number of aromatic nitrogens is 3. The van der Waals surface area contributed by atoms with E-state index < -0.39 is 0 Å². The van der Waals surface area contributed by atoms with Gasteiger partial charge in [-0.05, 0) is 29.0 Å². The summed E-state index contributed by atoms with van der Waals surface area (Å²) in [5.41, 5.74) is 2.37. The third-order valence-electron chi connectivity index (χ3n) is 4.72. The zero-order chi connectivity index (χ0) is 19.8. The van der Waals surface area contributed by atoms with Gasteiger partial charge < -0.3 is 4.74 Å². The maximum atomic E-state index is 12.9. The van der Waals surface area contributed by atoms with Gasteiger partial charge in [0.15, 0.2) is 0 Å². The molecule has 5 aromatic rings. The molecule has 0 saturated heterocycles. The zero-order valence-electron chi connectivity index (χ0n) is 15.5. The van der Waals surface area contributed by atoms with Crippen LogP contribution in [0.3, 0.4) is 0 Å². The number of fused-ring (bicyclic) bond motifs is 2. The minimum Gasteiger partial charge on any atom is -0.496 e. The SMILES string of the molecule is COc1ccccc1-c1csc2nc(NC(=O)c3cccc4ccccc34)nn12. The first kappa shape index (κ1) is 17.4. The molecule has 7 heteroatoms. The average Bonchev–Trinajstić information content (AvgIpc) is 3.33. The van der Waals surface area contributed by atoms with Gasteiger partial charge in [-0.15, -0.1) is 16.4 Å². The number of carbonyl (C=O) groups excluding carboxylic acids is 1. The molecule has 0 spiro atoms. The van der Waals surface area contributed by atoms with Crippen LogP contribution in [0.5, 0.6) is 5.75 Å². The number of amides is 1. The van der Waals surface area contributed by atoms with Crippen LogP contribution in [-0.2, 0) is 0 Å². The second-order valence-corrected chi connectivity index (χ2v) is 7.27. The molecule has 0 aliphatic rings. The van der Waals surface area contributed by atoms with E-state index in [4.69, 9.17) is 4.74 Å². The Kier molecular flexibility index (Phi) is 4.22. The summed E-state index contributed by atoms with van der Waals surface area (Å²) >= 11 is 1.46. The van der Waals surface area contributed by atoms with Gasteiger partial charge in [0.25, 0.3) is 11.9 Å². The lowest BCUT2D eigenvalue weighted by Gasteiger charge is -2.06. The first-order chi connectivity index (χ1) is 14.2. The van der Waals surface area contributed by atoms with Gasteiger partial charge in [-0.2, -0.15) is 4.98 Å². The summed E-state index contributed by atoms with van der Waals surface area (Å²) in [5.74, 6) is 0.786. The summed E-state index contributed by atoms with van der Waals surface area (Å²) in [7, 11) is 1.64. The molecule has 0 unspecified atom stereocenters. The average molecular weight is 400 g/mol. The van der Waals surface area contributed by atoms with Crippen LogP contribution in [0.25, 0.3) is 27.0 Å². The first-order valence-corrected chi connectivity index (χ1v) is 9.89. The number of nitrogens with one attached hydrogen (secondary N) is 1. The third-order valence-corrected chi connectivity index (χ3v) is 5.54. The van der Waals surface area contributed by atoms with Crippen molar-refractivity contribution in [2.75, 3.05) is 12.4 Å². The Bertz CT molecular complexity index is 1350. The molecule has 0 bridgehead atoms. The summed E-state index contributed by atoms with van der Waals surface area (Å²) < 4.78 is 7.18. The van der Waals surface area contributed by atoms with Gasteiger partial charge in [0, 0.05) is 16.5 Å². The summed E-state index contributed by atoms with van der Waals surface area (Å²) in [6, 6.07) is 21.2. The Morgan fingerprint density at radius 1 is 1.03 bits per heavy atom. The van der Waals surface area contributed by atoms with E-state index in [9.17, 15) is 4.79 Å². The molecule has 2 aromatic heterocycles. The minimum atomic E-state index is -0.237. The van der Waals surface area contributed by atoms with Crippen molar-refractivity contribution < 1.29 is 9.53 Å². The van der Waals surface area contributed by atoms with Gasteiger partial charge in [0.1, 0.15) is 5.75 Å². The van der Waals surface area contributed by atoms with E-state index in [1.807, 2.05) is 66.0 Å². The van der Waals surface area contributed by atoms with E-state index in [0.29, 0.717) is 10.5 Å². The monoisotopic (exact) mass is 400 g/mol. The van der Waals surface area contributed by atoms with Crippen LogP contribution in [0, 0.1) is 0 Å². The molecule has 142 valence electrons. The van der Waals surface area contributed by atoms with Crippen molar-refractivity contribution in [3.05, 3.63) is 77.7 Å². The lowest BCUT2D eigenvalue weighted by atomic mass is 10.0. The quantitative estimate of drug-likeness (QED) is 0.467. The van der Waals surface area contributed by atoms with E-state index in [0.717, 1.165) is 27.8 Å². The smallest absolute Gasteiger partial charge is 0.258 e. The Morgan fingerprint density at radius 2 is 1.83 bits per heavy atom. The molecular formula is C22H16N4O2S. The van der Waals surface area contributed by atoms with E-state index in [1.54, 1.807) is 17.7 Å². The molecule has 0 atom stereocenters. The molecule has 29 heavy (non-hydrogen) atoms. The lowest BCUT2D eigenvalue weighted by Crippen LogP contribution is -2.13. The Labute approximate surface area is 170 Å². The van der Waals surface area contributed by atoms with Crippen LogP contribution in [0.1, 0.15) is 10.4 Å². The largest absolute Gasteiger partial charge is 0.496 e. The van der Waals surface area contributed by atoms with Crippen LogP contribution in [-0.4, -0.2) is 27.6 Å². The van der Waals surface area contributed by atoms with Crippen molar-refractivity contribution in [2.24, 2.45) is 0 Å². The summed E-state index contributed by atoms with van der Waals surface area (Å²) in [6.07, 6.45) is 0.